The summed E-state index contributed by atoms with van der Waals surface area (Å²) in [6.45, 7) is 4.71. The van der Waals surface area contributed by atoms with Crippen molar-refractivity contribution in [3.63, 3.8) is 0 Å². The third kappa shape index (κ3) is 3.49. The Kier molecular flexibility index (Phi) is 6.44. The van der Waals surface area contributed by atoms with Crippen LogP contribution in [0.5, 0.6) is 0 Å². The zero-order valence-corrected chi connectivity index (χ0v) is 18.5. The number of aryl methyl sites for hydroxylation is 1. The highest BCUT2D eigenvalue weighted by atomic mass is 79.9. The van der Waals surface area contributed by atoms with Crippen molar-refractivity contribution in [1.29, 1.82) is 0 Å². The second-order valence-electron chi connectivity index (χ2n) is 7.14. The molecule has 0 N–H and O–H groups in total. The van der Waals surface area contributed by atoms with Gasteiger partial charge >= 0.3 is 0 Å². The smallest absolute Gasteiger partial charge is 0.0212 e. The Labute approximate surface area is 169 Å². The number of alkyl halides is 2. The predicted octanol–water partition coefficient (Wildman–Crippen LogP) is 7.64. The average molecular weight is 464 g/mol. The van der Waals surface area contributed by atoms with Crippen LogP contribution in [0.1, 0.15) is 62.6 Å². The molecule has 1 atom stereocenters. The van der Waals surface area contributed by atoms with E-state index < -0.39 is 0 Å². The molecule has 0 saturated heterocycles. The minimum Gasteiger partial charge on any atom is -0.0928 e. The van der Waals surface area contributed by atoms with Crippen LogP contribution < -0.4 is 0 Å². The summed E-state index contributed by atoms with van der Waals surface area (Å²) in [7, 11) is 0. The van der Waals surface area contributed by atoms with Gasteiger partial charge in [-0.05, 0) is 66.3 Å². The lowest BCUT2D eigenvalue weighted by molar-refractivity contribution is 0.485. The maximum absolute atomic E-state index is 3.89. The van der Waals surface area contributed by atoms with Crippen LogP contribution in [0, 0.1) is 0 Å². The molecule has 0 bridgehead atoms. The summed E-state index contributed by atoms with van der Waals surface area (Å²) in [5.74, 6) is 0. The summed E-state index contributed by atoms with van der Waals surface area (Å²) in [5, 5.41) is 1.10. The van der Waals surface area contributed by atoms with E-state index in [0.29, 0.717) is 4.83 Å². The van der Waals surface area contributed by atoms with Crippen LogP contribution in [-0.2, 0) is 11.8 Å². The van der Waals surface area contributed by atoms with Gasteiger partial charge in [-0.1, -0.05) is 88.2 Å². The summed E-state index contributed by atoms with van der Waals surface area (Å²) in [5.41, 5.74) is 7.83. The van der Waals surface area contributed by atoms with Crippen molar-refractivity contribution in [2.24, 2.45) is 0 Å². The normalized spacial score (nSPS) is 15.7. The van der Waals surface area contributed by atoms with E-state index in [2.05, 4.69) is 88.2 Å². The predicted molar refractivity (Wildman–Crippen MR) is 117 cm³/mol. The molecule has 1 unspecified atom stereocenters. The van der Waals surface area contributed by atoms with Crippen LogP contribution in [0.3, 0.4) is 0 Å². The SMILES string of the molecule is CCC1(CC)c2ccccc2-c2cccc(CCC(Br)CCCBr)c21. The first-order valence-corrected chi connectivity index (χ1v) is 11.6. The number of hydrogen-bond acceptors (Lipinski definition) is 0. The van der Waals surface area contributed by atoms with Crippen LogP contribution in [0.2, 0.25) is 0 Å². The Hall–Kier alpha value is -0.600. The zero-order valence-electron chi connectivity index (χ0n) is 15.3. The quantitative estimate of drug-likeness (QED) is 0.352. The molecule has 2 aromatic carbocycles. The molecule has 2 aromatic rings. The summed E-state index contributed by atoms with van der Waals surface area (Å²) in [6.07, 6.45) is 7.20. The molecule has 134 valence electrons. The number of rotatable bonds is 8. The Morgan fingerprint density at radius 3 is 2.36 bits per heavy atom. The fourth-order valence-electron chi connectivity index (χ4n) is 4.61. The molecule has 0 radical (unpaired) electrons. The molecular weight excluding hydrogens is 436 g/mol. The lowest BCUT2D eigenvalue weighted by atomic mass is 9.72. The molecule has 0 saturated carbocycles. The summed E-state index contributed by atoms with van der Waals surface area (Å²) < 4.78 is 0. The fraction of sp³-hybridized carbons (Fsp3) is 0.478. The second-order valence-corrected chi connectivity index (χ2v) is 9.23. The van der Waals surface area contributed by atoms with E-state index in [1.807, 2.05) is 0 Å². The molecule has 0 aliphatic heterocycles. The summed E-state index contributed by atoms with van der Waals surface area (Å²) in [6, 6.07) is 16.0. The van der Waals surface area contributed by atoms with Crippen molar-refractivity contribution in [2.75, 3.05) is 5.33 Å². The van der Waals surface area contributed by atoms with Crippen molar-refractivity contribution >= 4 is 31.9 Å². The lowest BCUT2D eigenvalue weighted by Crippen LogP contribution is -2.24. The molecule has 3 rings (SSSR count). The minimum atomic E-state index is 0.195. The number of fused-ring (bicyclic) bond motifs is 3. The number of hydrogen-bond donors (Lipinski definition) is 0. The molecule has 2 heteroatoms. The van der Waals surface area contributed by atoms with Crippen molar-refractivity contribution in [3.05, 3.63) is 59.2 Å². The molecular formula is C23H28Br2. The van der Waals surface area contributed by atoms with Gasteiger partial charge in [0.15, 0.2) is 0 Å². The first-order valence-electron chi connectivity index (χ1n) is 9.60. The Bertz CT molecular complexity index is 716. The van der Waals surface area contributed by atoms with Crippen molar-refractivity contribution < 1.29 is 0 Å². The highest BCUT2D eigenvalue weighted by molar-refractivity contribution is 9.09. The van der Waals surface area contributed by atoms with Crippen LogP contribution >= 0.6 is 31.9 Å². The minimum absolute atomic E-state index is 0.195. The van der Waals surface area contributed by atoms with Gasteiger partial charge < -0.3 is 0 Å². The van der Waals surface area contributed by atoms with E-state index in [4.69, 9.17) is 0 Å². The Morgan fingerprint density at radius 2 is 1.64 bits per heavy atom. The van der Waals surface area contributed by atoms with Crippen molar-refractivity contribution in [1.82, 2.24) is 0 Å². The van der Waals surface area contributed by atoms with Gasteiger partial charge in [0, 0.05) is 15.6 Å². The van der Waals surface area contributed by atoms with Gasteiger partial charge in [0.25, 0.3) is 0 Å². The molecule has 0 heterocycles. The number of benzene rings is 2. The highest BCUT2D eigenvalue weighted by Gasteiger charge is 2.41. The van der Waals surface area contributed by atoms with E-state index in [0.717, 1.165) is 11.8 Å². The molecule has 0 amide bonds. The third-order valence-corrected chi connectivity index (χ3v) is 7.42. The maximum atomic E-state index is 3.89. The Balaban J connectivity index is 1.98. The van der Waals surface area contributed by atoms with E-state index in [1.165, 1.54) is 48.8 Å². The molecule has 1 aliphatic carbocycles. The number of halogens is 2. The first-order chi connectivity index (χ1) is 12.2. The molecule has 25 heavy (non-hydrogen) atoms. The van der Waals surface area contributed by atoms with Gasteiger partial charge in [0.1, 0.15) is 0 Å². The van der Waals surface area contributed by atoms with Gasteiger partial charge in [-0.15, -0.1) is 0 Å². The highest BCUT2D eigenvalue weighted by Crippen LogP contribution is 2.53. The Morgan fingerprint density at radius 1 is 0.920 bits per heavy atom. The van der Waals surface area contributed by atoms with Gasteiger partial charge in [-0.3, -0.25) is 0 Å². The van der Waals surface area contributed by atoms with Crippen LogP contribution in [0.4, 0.5) is 0 Å². The monoisotopic (exact) mass is 462 g/mol. The molecule has 0 spiro atoms. The van der Waals surface area contributed by atoms with Crippen LogP contribution in [-0.4, -0.2) is 10.2 Å². The van der Waals surface area contributed by atoms with Crippen molar-refractivity contribution in [3.8, 4) is 11.1 Å². The first kappa shape index (κ1) is 19.2. The maximum Gasteiger partial charge on any atom is 0.0212 e. The molecule has 0 nitrogen and oxygen atoms in total. The van der Waals surface area contributed by atoms with Gasteiger partial charge in [0.2, 0.25) is 0 Å². The van der Waals surface area contributed by atoms with E-state index in [9.17, 15) is 0 Å². The topological polar surface area (TPSA) is 0 Å². The van der Waals surface area contributed by atoms with E-state index in [1.54, 1.807) is 11.1 Å². The molecule has 0 aromatic heterocycles. The van der Waals surface area contributed by atoms with Crippen molar-refractivity contribution in [2.45, 2.75) is 62.6 Å². The largest absolute Gasteiger partial charge is 0.0928 e. The summed E-state index contributed by atoms with van der Waals surface area (Å²) in [4.78, 5) is 0.613. The van der Waals surface area contributed by atoms with E-state index in [-0.39, 0.29) is 5.41 Å². The summed E-state index contributed by atoms with van der Waals surface area (Å²) >= 11 is 7.43. The zero-order chi connectivity index (χ0) is 17.9. The van der Waals surface area contributed by atoms with Gasteiger partial charge in [0.05, 0.1) is 0 Å². The fourth-order valence-corrected chi connectivity index (χ4v) is 5.48. The molecule has 1 aliphatic rings. The second kappa shape index (κ2) is 8.39. The lowest BCUT2D eigenvalue weighted by Gasteiger charge is -2.31. The molecule has 0 fully saturated rings. The standard InChI is InChI=1S/C23H28Br2/c1-3-23(4-2)21-13-6-5-11-19(21)20-12-7-9-17(22(20)23)14-15-18(25)10-8-16-24/h5-7,9,11-13,18H,3-4,8,10,14-16H2,1-2H3. The van der Waals surface area contributed by atoms with Crippen LogP contribution in [0.25, 0.3) is 11.1 Å². The van der Waals surface area contributed by atoms with Gasteiger partial charge in [-0.25, -0.2) is 0 Å². The van der Waals surface area contributed by atoms with Gasteiger partial charge in [-0.2, -0.15) is 0 Å². The van der Waals surface area contributed by atoms with E-state index >= 15 is 0 Å². The third-order valence-electron chi connectivity index (χ3n) is 5.95. The van der Waals surface area contributed by atoms with Crippen LogP contribution in [0.15, 0.2) is 42.5 Å². The average Bonchev–Trinajstić information content (AvgIpc) is 2.95.